The standard InChI is InChI=1S/C32H38N4O2/c1-22(2)36(32(38)34-29-15-12-24(4)18-25(29)5)21-31(37)35(20-26-13-10-23(3)11-14-26)17-16-27-19-33-30-9-7-6-8-28(27)30/h6-15,18-19,22,33H,16-17,20-21H2,1-5H3,(H,34,38). The van der Waals surface area contributed by atoms with E-state index in [0.717, 1.165) is 34.3 Å². The number of urea groups is 1. The molecule has 4 aromatic rings. The van der Waals surface area contributed by atoms with Crippen molar-refractivity contribution in [1.29, 1.82) is 0 Å². The molecule has 1 aromatic heterocycles. The van der Waals surface area contributed by atoms with E-state index in [9.17, 15) is 9.59 Å². The van der Waals surface area contributed by atoms with E-state index in [4.69, 9.17) is 0 Å². The van der Waals surface area contributed by atoms with Gasteiger partial charge in [0.15, 0.2) is 0 Å². The minimum Gasteiger partial charge on any atom is -0.361 e. The number of anilines is 1. The number of rotatable bonds is 9. The zero-order valence-electron chi connectivity index (χ0n) is 23.0. The predicted octanol–water partition coefficient (Wildman–Crippen LogP) is 6.61. The largest absolute Gasteiger partial charge is 0.361 e. The second-order valence-electron chi connectivity index (χ2n) is 10.4. The molecule has 0 aliphatic carbocycles. The maximum atomic E-state index is 13.7. The third-order valence-electron chi connectivity index (χ3n) is 6.99. The normalized spacial score (nSPS) is 11.1. The Bertz CT molecular complexity index is 1400. The Labute approximate surface area is 225 Å². The minimum absolute atomic E-state index is 0.00809. The zero-order valence-corrected chi connectivity index (χ0v) is 23.0. The van der Waals surface area contributed by atoms with Gasteiger partial charge in [0.2, 0.25) is 5.91 Å². The smallest absolute Gasteiger partial charge is 0.322 e. The number of hydrogen-bond donors (Lipinski definition) is 2. The Kier molecular flexibility index (Phi) is 8.52. The fourth-order valence-electron chi connectivity index (χ4n) is 4.68. The molecule has 0 fully saturated rings. The van der Waals surface area contributed by atoms with Crippen LogP contribution < -0.4 is 5.32 Å². The number of para-hydroxylation sites is 1. The van der Waals surface area contributed by atoms with Gasteiger partial charge in [-0.2, -0.15) is 0 Å². The molecule has 0 saturated carbocycles. The first-order valence-corrected chi connectivity index (χ1v) is 13.2. The molecule has 0 aliphatic rings. The molecule has 0 atom stereocenters. The summed E-state index contributed by atoms with van der Waals surface area (Å²) in [5.74, 6) is -0.0742. The number of amides is 3. The maximum absolute atomic E-state index is 13.7. The molecule has 3 amide bonds. The van der Waals surface area contributed by atoms with Gasteiger partial charge in [0.25, 0.3) is 0 Å². The number of benzene rings is 3. The Hall–Kier alpha value is -4.06. The molecular weight excluding hydrogens is 472 g/mol. The first-order chi connectivity index (χ1) is 18.2. The van der Waals surface area contributed by atoms with E-state index in [-0.39, 0.29) is 24.5 Å². The number of nitrogens with zero attached hydrogens (tertiary/aromatic N) is 2. The van der Waals surface area contributed by atoms with E-state index < -0.39 is 0 Å². The van der Waals surface area contributed by atoms with Crippen molar-refractivity contribution in [2.24, 2.45) is 0 Å². The van der Waals surface area contributed by atoms with Crippen LogP contribution in [-0.2, 0) is 17.8 Å². The van der Waals surface area contributed by atoms with E-state index in [0.29, 0.717) is 13.1 Å². The fraction of sp³-hybridized carbons (Fsp3) is 0.312. The Morgan fingerprint density at radius 2 is 1.63 bits per heavy atom. The van der Waals surface area contributed by atoms with E-state index in [1.54, 1.807) is 4.90 Å². The number of nitrogens with one attached hydrogen (secondary N) is 2. The van der Waals surface area contributed by atoms with Crippen molar-refractivity contribution < 1.29 is 9.59 Å². The summed E-state index contributed by atoms with van der Waals surface area (Å²) in [4.78, 5) is 33.8. The highest BCUT2D eigenvalue weighted by atomic mass is 16.2. The van der Waals surface area contributed by atoms with Gasteiger partial charge in [0.1, 0.15) is 6.54 Å². The second-order valence-corrected chi connectivity index (χ2v) is 10.4. The fourth-order valence-corrected chi connectivity index (χ4v) is 4.68. The van der Waals surface area contributed by atoms with Gasteiger partial charge in [-0.25, -0.2) is 4.79 Å². The highest BCUT2D eigenvalue weighted by Crippen LogP contribution is 2.20. The molecule has 0 bridgehead atoms. The molecule has 3 aromatic carbocycles. The highest BCUT2D eigenvalue weighted by molar-refractivity contribution is 5.93. The van der Waals surface area contributed by atoms with E-state index >= 15 is 0 Å². The average Bonchev–Trinajstić information content (AvgIpc) is 3.30. The van der Waals surface area contributed by atoms with Gasteiger partial charge < -0.3 is 20.1 Å². The molecule has 0 saturated heterocycles. The summed E-state index contributed by atoms with van der Waals surface area (Å²) in [5.41, 5.74) is 7.41. The number of carbonyl (C=O) groups is 2. The van der Waals surface area contributed by atoms with E-state index in [1.807, 2.05) is 69.1 Å². The summed E-state index contributed by atoms with van der Waals surface area (Å²) >= 11 is 0. The van der Waals surface area contributed by atoms with Crippen molar-refractivity contribution >= 4 is 28.5 Å². The number of fused-ring (bicyclic) bond motifs is 1. The Balaban J connectivity index is 1.51. The van der Waals surface area contributed by atoms with Crippen molar-refractivity contribution in [3.8, 4) is 0 Å². The molecule has 0 radical (unpaired) electrons. The molecule has 198 valence electrons. The van der Waals surface area contributed by atoms with Gasteiger partial charge in [-0.1, -0.05) is 65.7 Å². The van der Waals surface area contributed by atoms with Crippen molar-refractivity contribution in [3.63, 3.8) is 0 Å². The predicted molar refractivity (Wildman–Crippen MR) is 155 cm³/mol. The average molecular weight is 511 g/mol. The van der Waals surface area contributed by atoms with Crippen LogP contribution in [0.5, 0.6) is 0 Å². The molecular formula is C32H38N4O2. The molecule has 0 spiro atoms. The van der Waals surface area contributed by atoms with Crippen molar-refractivity contribution in [1.82, 2.24) is 14.8 Å². The lowest BCUT2D eigenvalue weighted by Crippen LogP contribution is -2.47. The molecule has 4 rings (SSSR count). The Morgan fingerprint density at radius 1 is 0.921 bits per heavy atom. The molecule has 0 aliphatic heterocycles. The number of carbonyl (C=O) groups excluding carboxylic acids is 2. The SMILES string of the molecule is Cc1ccc(CN(CCc2c[nH]c3ccccc23)C(=O)CN(C(=O)Nc2ccc(C)cc2C)C(C)C)cc1. The van der Waals surface area contributed by atoms with Gasteiger partial charge in [-0.15, -0.1) is 0 Å². The van der Waals surface area contributed by atoms with Crippen molar-refractivity contribution in [2.45, 2.75) is 53.6 Å². The van der Waals surface area contributed by atoms with Crippen LogP contribution in [-0.4, -0.2) is 45.9 Å². The summed E-state index contributed by atoms with van der Waals surface area (Å²) in [6.07, 6.45) is 2.75. The molecule has 6 heteroatoms. The van der Waals surface area contributed by atoms with E-state index in [1.165, 1.54) is 16.5 Å². The van der Waals surface area contributed by atoms with Gasteiger partial charge in [0, 0.05) is 41.9 Å². The second kappa shape index (κ2) is 12.0. The third kappa shape index (κ3) is 6.62. The third-order valence-corrected chi connectivity index (χ3v) is 6.99. The van der Waals surface area contributed by atoms with Gasteiger partial charge in [-0.05, 0) is 69.9 Å². The molecule has 38 heavy (non-hydrogen) atoms. The Morgan fingerprint density at radius 3 is 2.34 bits per heavy atom. The van der Waals surface area contributed by atoms with Gasteiger partial charge in [-0.3, -0.25) is 4.79 Å². The molecule has 1 heterocycles. The number of aryl methyl sites for hydroxylation is 3. The van der Waals surface area contributed by atoms with Gasteiger partial charge >= 0.3 is 6.03 Å². The number of hydrogen-bond acceptors (Lipinski definition) is 2. The van der Waals surface area contributed by atoms with Crippen LogP contribution in [0.1, 0.15) is 41.7 Å². The molecule has 0 unspecified atom stereocenters. The van der Waals surface area contributed by atoms with Crippen LogP contribution in [0, 0.1) is 20.8 Å². The number of H-pyrrole nitrogens is 1. The number of aromatic nitrogens is 1. The lowest BCUT2D eigenvalue weighted by molar-refractivity contribution is -0.132. The van der Waals surface area contributed by atoms with Crippen LogP contribution >= 0.6 is 0 Å². The number of aromatic amines is 1. The molecule has 2 N–H and O–H groups in total. The lowest BCUT2D eigenvalue weighted by Gasteiger charge is -2.30. The zero-order chi connectivity index (χ0) is 27.2. The molecule has 6 nitrogen and oxygen atoms in total. The van der Waals surface area contributed by atoms with Crippen LogP contribution in [0.2, 0.25) is 0 Å². The topological polar surface area (TPSA) is 68.4 Å². The highest BCUT2D eigenvalue weighted by Gasteiger charge is 2.24. The van der Waals surface area contributed by atoms with Crippen molar-refractivity contribution in [3.05, 3.63) is 101 Å². The first kappa shape index (κ1) is 27.0. The van der Waals surface area contributed by atoms with Gasteiger partial charge in [0.05, 0.1) is 0 Å². The van der Waals surface area contributed by atoms with Crippen LogP contribution in [0.25, 0.3) is 10.9 Å². The quantitative estimate of drug-likeness (QED) is 0.266. The van der Waals surface area contributed by atoms with Crippen LogP contribution in [0.4, 0.5) is 10.5 Å². The van der Waals surface area contributed by atoms with Crippen LogP contribution in [0.3, 0.4) is 0 Å². The monoisotopic (exact) mass is 510 g/mol. The maximum Gasteiger partial charge on any atom is 0.322 e. The summed E-state index contributed by atoms with van der Waals surface area (Å²) in [5, 5.41) is 4.18. The summed E-state index contributed by atoms with van der Waals surface area (Å²) < 4.78 is 0. The summed E-state index contributed by atoms with van der Waals surface area (Å²) in [6.45, 7) is 11.0. The summed E-state index contributed by atoms with van der Waals surface area (Å²) in [7, 11) is 0. The van der Waals surface area contributed by atoms with Crippen LogP contribution in [0.15, 0.2) is 72.9 Å². The summed E-state index contributed by atoms with van der Waals surface area (Å²) in [6, 6.07) is 22.0. The first-order valence-electron chi connectivity index (χ1n) is 13.2. The van der Waals surface area contributed by atoms with E-state index in [2.05, 4.69) is 53.6 Å². The minimum atomic E-state index is -0.271. The lowest BCUT2D eigenvalue weighted by atomic mass is 10.1. The van der Waals surface area contributed by atoms with Crippen molar-refractivity contribution in [2.75, 3.05) is 18.4 Å².